The molecule has 5 heterocycles. The maximum absolute atomic E-state index is 5.57. The van der Waals surface area contributed by atoms with Gasteiger partial charge < -0.3 is 9.97 Å². The first-order chi connectivity index (χ1) is 29.2. The predicted molar refractivity (Wildman–Crippen MR) is 272 cm³/mol. The van der Waals surface area contributed by atoms with Crippen LogP contribution in [0.5, 0.6) is 0 Å². The quantitative estimate of drug-likeness (QED) is 0.105. The van der Waals surface area contributed by atoms with Gasteiger partial charge in [-0.1, -0.05) is 85.2 Å². The first-order valence-corrected chi connectivity index (χ1v) is 25.5. The Balaban J connectivity index is 1.46. The molecule has 61 heavy (non-hydrogen) atoms. The molecule has 4 nitrogen and oxygen atoms in total. The average molecular weight is 921 g/mol. The molecule has 0 unspecified atom stereocenters. The average Bonchev–Trinajstić information content (AvgIpc) is 4.04. The van der Waals surface area contributed by atoms with Crippen LogP contribution in [0.3, 0.4) is 0 Å². The molecule has 300 valence electrons. The molecule has 6 heteroatoms. The molecule has 4 aromatic carbocycles. The van der Waals surface area contributed by atoms with Crippen molar-refractivity contribution in [2.75, 3.05) is 0 Å². The van der Waals surface area contributed by atoms with Crippen LogP contribution in [0.15, 0.2) is 97.1 Å². The second kappa shape index (κ2) is 15.8. The van der Waals surface area contributed by atoms with Crippen molar-refractivity contribution in [2.24, 2.45) is 0 Å². The molecule has 2 aliphatic heterocycles. The summed E-state index contributed by atoms with van der Waals surface area (Å²) in [5.74, 6) is 3.45. The van der Waals surface area contributed by atoms with Gasteiger partial charge >= 0.3 is 0 Å². The van der Waals surface area contributed by atoms with Gasteiger partial charge in [0, 0.05) is 53.5 Å². The molecular weight excluding hydrogens is 872 g/mol. The lowest BCUT2D eigenvalue weighted by Crippen LogP contribution is -2.16. The third kappa shape index (κ3) is 7.89. The monoisotopic (exact) mass is 920 g/mol. The standard InChI is InChI=1S/C55H49IN4Si/c1-32-28-34(3)50(35(4)29-32)54-46-22-18-42(57-46)52(39-12-10-38(11-13-39)26-27-61(7,8)9)43-19-23-47(58-43)55(51-36(5)30-33(2)31-37(51)6)49-25-21-45(60-49)53(44-20-24-48(54)59-44)40-14-16-41(56)17-15-40/h10-25,28-31,57,60H,1-9H3. The smallest absolute Gasteiger partial charge is 0.129 e. The van der Waals surface area contributed by atoms with E-state index < -0.39 is 8.07 Å². The summed E-state index contributed by atoms with van der Waals surface area (Å²) >= 11 is 2.38. The van der Waals surface area contributed by atoms with E-state index in [0.717, 1.165) is 83.8 Å². The molecule has 0 saturated carbocycles. The van der Waals surface area contributed by atoms with Crippen LogP contribution in [0.2, 0.25) is 19.6 Å². The van der Waals surface area contributed by atoms with Crippen LogP contribution in [0.4, 0.5) is 0 Å². The fourth-order valence-corrected chi connectivity index (χ4v) is 9.96. The topological polar surface area (TPSA) is 57.4 Å². The zero-order valence-corrected chi connectivity index (χ0v) is 39.5. The molecule has 0 amide bonds. The lowest BCUT2D eigenvalue weighted by atomic mass is 9.92. The van der Waals surface area contributed by atoms with E-state index in [1.54, 1.807) is 0 Å². The van der Waals surface area contributed by atoms with Gasteiger partial charge in [0.2, 0.25) is 0 Å². The third-order valence-electron chi connectivity index (χ3n) is 11.5. The van der Waals surface area contributed by atoms with E-state index in [-0.39, 0.29) is 0 Å². The second-order valence-electron chi connectivity index (χ2n) is 17.6. The molecule has 0 spiro atoms. The maximum Gasteiger partial charge on any atom is 0.129 e. The number of hydrogen-bond acceptors (Lipinski definition) is 2. The number of benzene rings is 4. The van der Waals surface area contributed by atoms with Crippen LogP contribution in [-0.2, 0) is 0 Å². The van der Waals surface area contributed by atoms with Crippen molar-refractivity contribution >= 4 is 77.0 Å². The number of aryl methyl sites for hydroxylation is 6. The van der Waals surface area contributed by atoms with E-state index in [0.29, 0.717) is 0 Å². The Bertz CT molecular complexity index is 3130. The zero-order chi connectivity index (χ0) is 42.7. The van der Waals surface area contributed by atoms with E-state index >= 15 is 0 Å². The number of aromatic amines is 2. The molecule has 9 rings (SSSR count). The summed E-state index contributed by atoms with van der Waals surface area (Å²) in [5.41, 5.74) is 28.3. The molecule has 0 saturated heterocycles. The second-order valence-corrected chi connectivity index (χ2v) is 23.6. The normalized spacial score (nSPS) is 12.2. The highest BCUT2D eigenvalue weighted by molar-refractivity contribution is 14.1. The summed E-state index contributed by atoms with van der Waals surface area (Å²) in [5, 5.41) is 0. The van der Waals surface area contributed by atoms with Crippen molar-refractivity contribution in [1.82, 2.24) is 19.9 Å². The van der Waals surface area contributed by atoms with Gasteiger partial charge in [0.05, 0.1) is 22.8 Å². The van der Waals surface area contributed by atoms with Crippen molar-refractivity contribution in [3.8, 4) is 56.0 Å². The number of aromatic nitrogens is 4. The number of nitrogens with zero attached hydrogens (tertiary/aromatic N) is 2. The van der Waals surface area contributed by atoms with Gasteiger partial charge in [-0.15, -0.1) is 5.54 Å². The number of hydrogen-bond donors (Lipinski definition) is 2. The summed E-state index contributed by atoms with van der Waals surface area (Å²) in [6.07, 6.45) is 8.73. The van der Waals surface area contributed by atoms with E-state index in [1.165, 1.54) is 48.1 Å². The van der Waals surface area contributed by atoms with Crippen LogP contribution >= 0.6 is 22.6 Å². The van der Waals surface area contributed by atoms with Crippen molar-refractivity contribution < 1.29 is 0 Å². The maximum atomic E-state index is 5.57. The Labute approximate surface area is 374 Å². The fraction of sp³-hybridized carbons (Fsp3) is 0.164. The Morgan fingerprint density at radius 2 is 0.787 bits per heavy atom. The molecule has 0 aliphatic carbocycles. The van der Waals surface area contributed by atoms with Crippen molar-refractivity contribution in [3.05, 3.63) is 162 Å². The Morgan fingerprint density at radius 3 is 1.16 bits per heavy atom. The van der Waals surface area contributed by atoms with Gasteiger partial charge in [-0.05, 0) is 181 Å². The minimum atomic E-state index is -1.54. The van der Waals surface area contributed by atoms with E-state index in [4.69, 9.17) is 9.97 Å². The summed E-state index contributed by atoms with van der Waals surface area (Å²) < 4.78 is 1.18. The van der Waals surface area contributed by atoms with Crippen LogP contribution in [0.25, 0.3) is 90.9 Å². The van der Waals surface area contributed by atoms with E-state index in [2.05, 4.69) is 227 Å². The van der Waals surface area contributed by atoms with Gasteiger partial charge in [-0.3, -0.25) is 0 Å². The molecule has 3 aromatic heterocycles. The van der Waals surface area contributed by atoms with Crippen LogP contribution in [0, 0.1) is 56.6 Å². The zero-order valence-electron chi connectivity index (χ0n) is 36.3. The molecule has 0 atom stereocenters. The predicted octanol–water partition coefficient (Wildman–Crippen LogP) is 15.0. The lowest BCUT2D eigenvalue weighted by molar-refractivity contribution is 1.28. The SMILES string of the molecule is Cc1cc(C)c(-c2c3nc(c(-c4ccc(C#C[Si](C)(C)C)cc4)c4ccc([nH]4)c(-c4c(C)cc(C)cc4C)c4nc(c(-c5ccc(I)cc5)c5ccc2[nH]5)C=C4)C=C3)c(C)c1. The fourth-order valence-electron chi connectivity index (χ4n) is 9.08. The summed E-state index contributed by atoms with van der Waals surface area (Å²) in [4.78, 5) is 19.0. The summed E-state index contributed by atoms with van der Waals surface area (Å²) in [6, 6.07) is 35.4. The molecule has 0 fully saturated rings. The highest BCUT2D eigenvalue weighted by Crippen LogP contribution is 2.41. The van der Waals surface area contributed by atoms with Gasteiger partial charge in [-0.25, -0.2) is 9.97 Å². The first kappa shape index (κ1) is 40.4. The molecule has 7 aromatic rings. The van der Waals surface area contributed by atoms with Crippen LogP contribution in [-0.4, -0.2) is 28.0 Å². The molecule has 2 N–H and O–H groups in total. The summed E-state index contributed by atoms with van der Waals surface area (Å²) in [7, 11) is -1.54. The minimum absolute atomic E-state index is 0.896. The highest BCUT2D eigenvalue weighted by Gasteiger charge is 2.22. The van der Waals surface area contributed by atoms with Crippen molar-refractivity contribution in [3.63, 3.8) is 0 Å². The first-order valence-electron chi connectivity index (χ1n) is 20.9. The van der Waals surface area contributed by atoms with Gasteiger partial charge in [0.1, 0.15) is 8.07 Å². The van der Waals surface area contributed by atoms with Crippen LogP contribution in [0.1, 0.15) is 61.7 Å². The Hall–Kier alpha value is -6.01. The third-order valence-corrected chi connectivity index (χ3v) is 13.1. The Kier molecular flexibility index (Phi) is 10.5. The van der Waals surface area contributed by atoms with Gasteiger partial charge in [0.15, 0.2) is 0 Å². The lowest BCUT2D eigenvalue weighted by Gasteiger charge is -2.13. The van der Waals surface area contributed by atoms with Crippen molar-refractivity contribution in [1.29, 1.82) is 0 Å². The van der Waals surface area contributed by atoms with Crippen molar-refractivity contribution in [2.45, 2.75) is 61.2 Å². The van der Waals surface area contributed by atoms with Crippen LogP contribution < -0.4 is 0 Å². The molecular formula is C55H49IN4Si. The summed E-state index contributed by atoms with van der Waals surface area (Å²) in [6.45, 7) is 20.0. The van der Waals surface area contributed by atoms with E-state index in [9.17, 15) is 0 Å². The van der Waals surface area contributed by atoms with E-state index in [1.807, 2.05) is 0 Å². The van der Waals surface area contributed by atoms with Gasteiger partial charge in [0.25, 0.3) is 0 Å². The minimum Gasteiger partial charge on any atom is -0.354 e. The largest absolute Gasteiger partial charge is 0.354 e. The number of halogens is 1. The number of rotatable bonds is 4. The number of H-pyrrole nitrogens is 2. The highest BCUT2D eigenvalue weighted by atomic mass is 127. The number of fused-ring (bicyclic) bond motifs is 8. The molecule has 8 bridgehead atoms. The Morgan fingerprint density at radius 1 is 0.443 bits per heavy atom. The number of nitrogens with one attached hydrogen (secondary N) is 2. The van der Waals surface area contributed by atoms with Gasteiger partial charge in [-0.2, -0.15) is 0 Å². The molecule has 0 radical (unpaired) electrons. The molecule has 2 aliphatic rings.